The Bertz CT molecular complexity index is 181. The van der Waals surface area contributed by atoms with Crippen molar-refractivity contribution in [1.82, 2.24) is 0 Å². The van der Waals surface area contributed by atoms with Crippen LogP contribution in [0.25, 0.3) is 0 Å². The molecule has 0 spiro atoms. The molecule has 0 radical (unpaired) electrons. The topological polar surface area (TPSA) is 18.5 Å². The molecule has 4 atom stereocenters. The fraction of sp³-hybridized carbons (Fsp3) is 1.00. The van der Waals surface area contributed by atoms with Crippen LogP contribution < -0.4 is 0 Å². The molecule has 0 amide bonds. The van der Waals surface area contributed by atoms with E-state index >= 15 is 0 Å². The van der Waals surface area contributed by atoms with Crippen molar-refractivity contribution in [2.45, 2.75) is 37.9 Å². The molecule has 12 heavy (non-hydrogen) atoms. The van der Waals surface area contributed by atoms with Crippen molar-refractivity contribution in [3.05, 3.63) is 0 Å². The van der Waals surface area contributed by atoms with Gasteiger partial charge in [0.2, 0.25) is 0 Å². The Balaban J connectivity index is 1.79. The van der Waals surface area contributed by atoms with Crippen LogP contribution in [0.1, 0.15) is 25.7 Å². The van der Waals surface area contributed by atoms with Crippen molar-refractivity contribution in [3.63, 3.8) is 0 Å². The van der Waals surface area contributed by atoms with Gasteiger partial charge in [0.25, 0.3) is 0 Å². The fourth-order valence-electron chi connectivity index (χ4n) is 3.28. The number of fused-ring (bicyclic) bond motifs is 3. The minimum absolute atomic E-state index is 0.453. The Morgan fingerprint density at radius 1 is 1.00 bits per heavy atom. The van der Waals surface area contributed by atoms with Gasteiger partial charge >= 0.3 is 0 Å². The van der Waals surface area contributed by atoms with Gasteiger partial charge < -0.3 is 9.47 Å². The predicted octanol–water partition coefficient (Wildman–Crippen LogP) is 1.59. The normalized spacial score (nSPS) is 52.0. The summed E-state index contributed by atoms with van der Waals surface area (Å²) in [6.07, 6.45) is 6.41. The number of ether oxygens (including phenoxy) is 2. The molecule has 2 saturated carbocycles. The molecule has 0 aromatic heterocycles. The van der Waals surface area contributed by atoms with Gasteiger partial charge in [-0.15, -0.1) is 0 Å². The van der Waals surface area contributed by atoms with E-state index in [1.165, 1.54) is 25.7 Å². The average molecular weight is 168 g/mol. The number of hydrogen-bond acceptors (Lipinski definition) is 2. The first-order valence-electron chi connectivity index (χ1n) is 5.18. The third-order valence-electron chi connectivity index (χ3n) is 3.77. The molecular weight excluding hydrogens is 152 g/mol. The largest absolute Gasteiger partial charge is 0.373 e. The van der Waals surface area contributed by atoms with Gasteiger partial charge in [-0.2, -0.15) is 0 Å². The molecular formula is C10H16O2. The van der Waals surface area contributed by atoms with Crippen LogP contribution in [0, 0.1) is 11.8 Å². The van der Waals surface area contributed by atoms with Crippen LogP contribution in [0.4, 0.5) is 0 Å². The molecule has 0 N–H and O–H groups in total. The quantitative estimate of drug-likeness (QED) is 0.547. The van der Waals surface area contributed by atoms with Crippen molar-refractivity contribution < 1.29 is 9.47 Å². The SMILES string of the molecule is C1CC2CC3OCCOC3C2C1. The minimum atomic E-state index is 0.453. The van der Waals surface area contributed by atoms with E-state index in [-0.39, 0.29) is 0 Å². The van der Waals surface area contributed by atoms with Gasteiger partial charge in [-0.1, -0.05) is 6.42 Å². The lowest BCUT2D eigenvalue weighted by Crippen LogP contribution is -2.37. The molecule has 1 heterocycles. The van der Waals surface area contributed by atoms with Crippen molar-refractivity contribution >= 4 is 0 Å². The monoisotopic (exact) mass is 168 g/mol. The van der Waals surface area contributed by atoms with Gasteiger partial charge in [0.05, 0.1) is 25.4 Å². The molecule has 0 aromatic carbocycles. The molecule has 2 heteroatoms. The molecule has 1 aliphatic heterocycles. The third-order valence-corrected chi connectivity index (χ3v) is 3.77. The van der Waals surface area contributed by atoms with Crippen molar-refractivity contribution in [2.75, 3.05) is 13.2 Å². The van der Waals surface area contributed by atoms with Crippen LogP contribution in [0.3, 0.4) is 0 Å². The lowest BCUT2D eigenvalue weighted by molar-refractivity contribution is -0.137. The second kappa shape index (κ2) is 2.71. The zero-order chi connectivity index (χ0) is 7.97. The first-order valence-corrected chi connectivity index (χ1v) is 5.18. The van der Waals surface area contributed by atoms with Crippen LogP contribution in [-0.4, -0.2) is 25.4 Å². The summed E-state index contributed by atoms with van der Waals surface area (Å²) in [7, 11) is 0. The highest BCUT2D eigenvalue weighted by molar-refractivity contribution is 4.97. The highest BCUT2D eigenvalue weighted by atomic mass is 16.6. The van der Waals surface area contributed by atoms with E-state index in [1.54, 1.807) is 0 Å². The van der Waals surface area contributed by atoms with E-state index < -0.39 is 0 Å². The zero-order valence-electron chi connectivity index (χ0n) is 7.37. The molecule has 0 bridgehead atoms. The highest BCUT2D eigenvalue weighted by Crippen LogP contribution is 2.47. The summed E-state index contributed by atoms with van der Waals surface area (Å²) < 4.78 is 11.5. The maximum absolute atomic E-state index is 5.79. The van der Waals surface area contributed by atoms with E-state index in [0.717, 1.165) is 25.0 Å². The molecule has 3 rings (SSSR count). The lowest BCUT2D eigenvalue weighted by atomic mass is 9.99. The molecule has 68 valence electrons. The number of rotatable bonds is 0. The Morgan fingerprint density at radius 3 is 2.92 bits per heavy atom. The van der Waals surface area contributed by atoms with Crippen LogP contribution in [-0.2, 0) is 9.47 Å². The zero-order valence-corrected chi connectivity index (χ0v) is 7.37. The lowest BCUT2D eigenvalue weighted by Gasteiger charge is -2.29. The average Bonchev–Trinajstić information content (AvgIpc) is 2.62. The first kappa shape index (κ1) is 7.34. The molecule has 0 aromatic rings. The van der Waals surface area contributed by atoms with E-state index in [9.17, 15) is 0 Å². The summed E-state index contributed by atoms with van der Waals surface area (Å²) in [6, 6.07) is 0. The minimum Gasteiger partial charge on any atom is -0.373 e. The summed E-state index contributed by atoms with van der Waals surface area (Å²) in [5.74, 6) is 1.77. The molecule has 3 aliphatic rings. The van der Waals surface area contributed by atoms with Gasteiger partial charge in [0, 0.05) is 0 Å². The van der Waals surface area contributed by atoms with Gasteiger partial charge in [0.1, 0.15) is 0 Å². The first-order chi connectivity index (χ1) is 5.95. The van der Waals surface area contributed by atoms with E-state index in [1.807, 2.05) is 0 Å². The van der Waals surface area contributed by atoms with E-state index in [0.29, 0.717) is 12.2 Å². The summed E-state index contributed by atoms with van der Waals surface area (Å²) >= 11 is 0. The highest BCUT2D eigenvalue weighted by Gasteiger charge is 2.47. The van der Waals surface area contributed by atoms with Crippen LogP contribution in [0.5, 0.6) is 0 Å². The maximum atomic E-state index is 5.79. The van der Waals surface area contributed by atoms with Crippen molar-refractivity contribution in [2.24, 2.45) is 11.8 Å². The summed E-state index contributed by atoms with van der Waals surface area (Å²) in [5.41, 5.74) is 0. The second-order valence-electron chi connectivity index (χ2n) is 4.34. The third kappa shape index (κ3) is 0.944. The molecule has 1 saturated heterocycles. The van der Waals surface area contributed by atoms with Crippen molar-refractivity contribution in [3.8, 4) is 0 Å². The molecule has 4 unspecified atom stereocenters. The van der Waals surface area contributed by atoms with E-state index in [2.05, 4.69) is 0 Å². The Labute approximate surface area is 73.2 Å². The van der Waals surface area contributed by atoms with E-state index in [4.69, 9.17) is 9.47 Å². The maximum Gasteiger partial charge on any atom is 0.0868 e. The smallest absolute Gasteiger partial charge is 0.0868 e. The van der Waals surface area contributed by atoms with Gasteiger partial charge in [-0.25, -0.2) is 0 Å². The van der Waals surface area contributed by atoms with Gasteiger partial charge in [-0.3, -0.25) is 0 Å². The van der Waals surface area contributed by atoms with Crippen molar-refractivity contribution in [1.29, 1.82) is 0 Å². The Morgan fingerprint density at radius 2 is 1.92 bits per heavy atom. The van der Waals surface area contributed by atoms with Crippen LogP contribution in [0.2, 0.25) is 0 Å². The number of hydrogen-bond donors (Lipinski definition) is 0. The second-order valence-corrected chi connectivity index (χ2v) is 4.34. The molecule has 2 nitrogen and oxygen atoms in total. The Hall–Kier alpha value is -0.0800. The molecule has 3 fully saturated rings. The van der Waals surface area contributed by atoms with Crippen LogP contribution >= 0.6 is 0 Å². The Kier molecular flexibility index (Phi) is 1.66. The fourth-order valence-corrected chi connectivity index (χ4v) is 3.28. The van der Waals surface area contributed by atoms with Crippen LogP contribution in [0.15, 0.2) is 0 Å². The molecule has 2 aliphatic carbocycles. The summed E-state index contributed by atoms with van der Waals surface area (Å²) in [4.78, 5) is 0. The van der Waals surface area contributed by atoms with Gasteiger partial charge in [0.15, 0.2) is 0 Å². The standard InChI is InChI=1S/C10H16O2/c1-2-7-6-9-10(8(7)3-1)12-5-4-11-9/h7-10H,1-6H2. The summed E-state index contributed by atoms with van der Waals surface area (Å²) in [6.45, 7) is 1.64. The van der Waals surface area contributed by atoms with Gasteiger partial charge in [-0.05, 0) is 31.1 Å². The summed E-state index contributed by atoms with van der Waals surface area (Å²) in [5, 5.41) is 0. The predicted molar refractivity (Wildman–Crippen MR) is 44.9 cm³/mol.